The highest BCUT2D eigenvalue weighted by Gasteiger charge is 2.13. The summed E-state index contributed by atoms with van der Waals surface area (Å²) in [6, 6.07) is 11.0. The summed E-state index contributed by atoms with van der Waals surface area (Å²) in [5.41, 5.74) is 0.705. The van der Waals surface area contributed by atoms with Crippen molar-refractivity contribution in [3.63, 3.8) is 0 Å². The summed E-state index contributed by atoms with van der Waals surface area (Å²) < 4.78 is 0. The van der Waals surface area contributed by atoms with Gasteiger partial charge in [-0.1, -0.05) is 18.2 Å². The minimum absolute atomic E-state index is 0.0752. The highest BCUT2D eigenvalue weighted by molar-refractivity contribution is 5.93. The molecule has 0 fully saturated rings. The van der Waals surface area contributed by atoms with Gasteiger partial charge in [0.2, 0.25) is 5.91 Å². The van der Waals surface area contributed by atoms with Gasteiger partial charge in [-0.25, -0.2) is 0 Å². The Morgan fingerprint density at radius 1 is 1.00 bits per heavy atom. The van der Waals surface area contributed by atoms with E-state index >= 15 is 0 Å². The van der Waals surface area contributed by atoms with E-state index in [2.05, 4.69) is 5.32 Å². The van der Waals surface area contributed by atoms with E-state index < -0.39 is 0 Å². The van der Waals surface area contributed by atoms with Crippen LogP contribution in [0, 0.1) is 0 Å². The number of carbonyl (C=O) groups excluding carboxylic acids is 1. The first-order valence-corrected chi connectivity index (χ1v) is 5.65. The van der Waals surface area contributed by atoms with E-state index in [1.807, 2.05) is 6.07 Å². The van der Waals surface area contributed by atoms with Gasteiger partial charge in [0, 0.05) is 23.4 Å². The normalized spacial score (nSPS) is 10.1. The predicted octanol–water partition coefficient (Wildman–Crippen LogP) is 1.98. The fraction of sp³-hybridized carbons (Fsp3) is 0.0714. The molecule has 2 rings (SSSR count). The molecule has 0 heterocycles. The molecule has 0 atom stereocenters. The molecule has 0 aliphatic heterocycles. The van der Waals surface area contributed by atoms with Crippen LogP contribution in [0.25, 0.3) is 0 Å². The van der Waals surface area contributed by atoms with Crippen molar-refractivity contribution in [1.29, 1.82) is 0 Å². The Balaban J connectivity index is 2.12. The summed E-state index contributed by atoms with van der Waals surface area (Å²) in [6.07, 6.45) is -0.188. The number of aromatic hydroxyl groups is 3. The first kappa shape index (κ1) is 12.8. The van der Waals surface area contributed by atoms with Gasteiger partial charge in [-0.3, -0.25) is 4.79 Å². The molecule has 0 bridgehead atoms. The van der Waals surface area contributed by atoms with Crippen LogP contribution in [0.3, 0.4) is 0 Å². The Labute approximate surface area is 109 Å². The standard InChI is InChI=1S/C14H13NO4/c16-10-6-12(17)11(13(18)7-10)8-14(19)15-9-4-2-1-3-5-9/h1-7,16-18H,8H2,(H,15,19). The maximum atomic E-state index is 11.8. The summed E-state index contributed by atoms with van der Waals surface area (Å²) in [7, 11) is 0. The molecule has 0 unspecified atom stereocenters. The summed E-state index contributed by atoms with van der Waals surface area (Å²) >= 11 is 0. The molecule has 0 saturated carbocycles. The number of nitrogens with one attached hydrogen (secondary N) is 1. The number of anilines is 1. The molecular formula is C14H13NO4. The largest absolute Gasteiger partial charge is 0.508 e. The van der Waals surface area contributed by atoms with Gasteiger partial charge < -0.3 is 20.6 Å². The molecule has 0 aliphatic rings. The van der Waals surface area contributed by atoms with Gasteiger partial charge in [0.25, 0.3) is 0 Å². The van der Waals surface area contributed by atoms with Crippen LogP contribution in [0.1, 0.15) is 5.56 Å². The minimum Gasteiger partial charge on any atom is -0.508 e. The molecule has 5 heteroatoms. The van der Waals surface area contributed by atoms with Gasteiger partial charge >= 0.3 is 0 Å². The van der Waals surface area contributed by atoms with Gasteiger partial charge in [0.15, 0.2) is 0 Å². The smallest absolute Gasteiger partial charge is 0.229 e. The highest BCUT2D eigenvalue weighted by atomic mass is 16.3. The summed E-state index contributed by atoms with van der Waals surface area (Å²) in [4.78, 5) is 11.8. The Morgan fingerprint density at radius 3 is 2.16 bits per heavy atom. The molecule has 4 N–H and O–H groups in total. The first-order chi connectivity index (χ1) is 9.06. The second-order valence-corrected chi connectivity index (χ2v) is 4.05. The highest BCUT2D eigenvalue weighted by Crippen LogP contribution is 2.32. The Hall–Kier alpha value is -2.69. The third-order valence-electron chi connectivity index (χ3n) is 2.58. The number of hydrogen-bond acceptors (Lipinski definition) is 4. The molecule has 5 nitrogen and oxygen atoms in total. The van der Waals surface area contributed by atoms with Crippen LogP contribution < -0.4 is 5.32 Å². The number of hydrogen-bond donors (Lipinski definition) is 4. The van der Waals surface area contributed by atoms with E-state index in [0.717, 1.165) is 12.1 Å². The summed E-state index contributed by atoms with van der Waals surface area (Å²) in [5, 5.41) is 31.0. The molecule has 0 saturated heterocycles. The average Bonchev–Trinajstić information content (AvgIpc) is 2.35. The number of carbonyl (C=O) groups is 1. The molecular weight excluding hydrogens is 246 g/mol. The zero-order valence-corrected chi connectivity index (χ0v) is 10.00. The third kappa shape index (κ3) is 3.16. The van der Waals surface area contributed by atoms with Crippen molar-refractivity contribution in [2.75, 3.05) is 5.32 Å². The van der Waals surface area contributed by atoms with E-state index in [1.54, 1.807) is 24.3 Å². The number of amides is 1. The van der Waals surface area contributed by atoms with E-state index in [-0.39, 0.29) is 35.1 Å². The maximum Gasteiger partial charge on any atom is 0.229 e. The van der Waals surface area contributed by atoms with Crippen molar-refractivity contribution in [3.8, 4) is 17.2 Å². The molecule has 2 aromatic carbocycles. The number of para-hydroxylation sites is 1. The molecule has 0 aromatic heterocycles. The van der Waals surface area contributed by atoms with E-state index in [4.69, 9.17) is 5.11 Å². The Morgan fingerprint density at radius 2 is 1.58 bits per heavy atom. The van der Waals surface area contributed by atoms with Gasteiger partial charge in [0.1, 0.15) is 17.2 Å². The SMILES string of the molecule is O=C(Cc1c(O)cc(O)cc1O)Nc1ccccc1. The predicted molar refractivity (Wildman–Crippen MR) is 70.2 cm³/mol. The Bertz CT molecular complexity index is 573. The van der Waals surface area contributed by atoms with Crippen LogP contribution in [0.4, 0.5) is 5.69 Å². The van der Waals surface area contributed by atoms with Crippen LogP contribution in [0.5, 0.6) is 17.2 Å². The van der Waals surface area contributed by atoms with Crippen molar-refractivity contribution in [2.45, 2.75) is 6.42 Å². The lowest BCUT2D eigenvalue weighted by molar-refractivity contribution is -0.115. The molecule has 1 amide bonds. The molecule has 0 aliphatic carbocycles. The fourth-order valence-corrected chi connectivity index (χ4v) is 1.70. The molecule has 0 spiro atoms. The summed E-state index contributed by atoms with van der Waals surface area (Å²) in [5.74, 6) is -1.27. The third-order valence-corrected chi connectivity index (χ3v) is 2.58. The molecule has 0 radical (unpaired) electrons. The van der Waals surface area contributed by atoms with E-state index in [1.165, 1.54) is 0 Å². The second-order valence-electron chi connectivity index (χ2n) is 4.05. The number of rotatable bonds is 3. The van der Waals surface area contributed by atoms with Crippen molar-refractivity contribution >= 4 is 11.6 Å². The first-order valence-electron chi connectivity index (χ1n) is 5.65. The number of phenolic OH excluding ortho intramolecular Hbond substituents is 3. The summed E-state index contributed by atoms with van der Waals surface area (Å²) in [6.45, 7) is 0. The van der Waals surface area contributed by atoms with Gasteiger partial charge in [0.05, 0.1) is 6.42 Å². The quantitative estimate of drug-likeness (QED) is 0.678. The average molecular weight is 259 g/mol. The lowest BCUT2D eigenvalue weighted by Gasteiger charge is -2.09. The Kier molecular flexibility index (Phi) is 3.56. The van der Waals surface area contributed by atoms with Gasteiger partial charge in [-0.2, -0.15) is 0 Å². The van der Waals surface area contributed by atoms with Crippen LogP contribution in [0.2, 0.25) is 0 Å². The zero-order chi connectivity index (χ0) is 13.8. The number of benzene rings is 2. The van der Waals surface area contributed by atoms with E-state index in [9.17, 15) is 15.0 Å². The number of phenols is 3. The lowest BCUT2D eigenvalue weighted by Crippen LogP contribution is -2.14. The molecule has 2 aromatic rings. The van der Waals surface area contributed by atoms with E-state index in [0.29, 0.717) is 5.69 Å². The fourth-order valence-electron chi connectivity index (χ4n) is 1.70. The van der Waals surface area contributed by atoms with Crippen LogP contribution in [0.15, 0.2) is 42.5 Å². The molecule has 98 valence electrons. The van der Waals surface area contributed by atoms with Crippen molar-refractivity contribution in [3.05, 3.63) is 48.0 Å². The van der Waals surface area contributed by atoms with Crippen molar-refractivity contribution in [2.24, 2.45) is 0 Å². The second kappa shape index (κ2) is 5.30. The van der Waals surface area contributed by atoms with Gasteiger partial charge in [-0.05, 0) is 12.1 Å². The van der Waals surface area contributed by atoms with Crippen LogP contribution in [-0.2, 0) is 11.2 Å². The monoisotopic (exact) mass is 259 g/mol. The maximum absolute atomic E-state index is 11.8. The van der Waals surface area contributed by atoms with Crippen molar-refractivity contribution < 1.29 is 20.1 Å². The molecule has 19 heavy (non-hydrogen) atoms. The lowest BCUT2D eigenvalue weighted by atomic mass is 10.1. The van der Waals surface area contributed by atoms with Gasteiger partial charge in [-0.15, -0.1) is 0 Å². The minimum atomic E-state index is -0.373. The van der Waals surface area contributed by atoms with Crippen LogP contribution >= 0.6 is 0 Å². The van der Waals surface area contributed by atoms with Crippen molar-refractivity contribution in [1.82, 2.24) is 0 Å². The zero-order valence-electron chi connectivity index (χ0n) is 10.00. The topological polar surface area (TPSA) is 89.8 Å². The van der Waals surface area contributed by atoms with Crippen LogP contribution in [-0.4, -0.2) is 21.2 Å².